The fraction of sp³-hybridized carbons (Fsp3) is 0.364. The van der Waals surface area contributed by atoms with Gasteiger partial charge in [-0.2, -0.15) is 0 Å². The Balaban J connectivity index is 1.64. The number of aryl methyl sites for hydroxylation is 3. The maximum absolute atomic E-state index is 12.3. The van der Waals surface area contributed by atoms with Crippen molar-refractivity contribution in [3.8, 4) is 0 Å². The van der Waals surface area contributed by atoms with Crippen LogP contribution in [0.5, 0.6) is 0 Å². The molecule has 1 unspecified atom stereocenters. The van der Waals surface area contributed by atoms with E-state index in [0.29, 0.717) is 5.69 Å². The molecule has 0 spiro atoms. The second kappa shape index (κ2) is 8.17. The van der Waals surface area contributed by atoms with Gasteiger partial charge in [0.05, 0.1) is 6.04 Å². The molecule has 1 aliphatic rings. The Morgan fingerprint density at radius 2 is 1.73 bits per heavy atom. The molecule has 0 fully saturated rings. The molecule has 2 aromatic carbocycles. The standard InChI is InChI=1S/C22H26N2O2/c1-3-16-8-6-7-11-20(16)24-22(26)21(25)23-15(2)18-13-12-17-9-4-5-10-19(17)14-18/h6-8,11-15H,3-5,9-10H2,1-2H3,(H,23,25)(H,24,26). The number of carbonyl (C=O) groups excluding carboxylic acids is 2. The van der Waals surface area contributed by atoms with Gasteiger partial charge in [0.25, 0.3) is 0 Å². The maximum atomic E-state index is 12.3. The molecule has 1 atom stereocenters. The summed E-state index contributed by atoms with van der Waals surface area (Å²) in [4.78, 5) is 24.6. The van der Waals surface area contributed by atoms with Gasteiger partial charge in [0.15, 0.2) is 0 Å². The van der Waals surface area contributed by atoms with E-state index in [0.717, 1.165) is 30.4 Å². The molecule has 0 saturated heterocycles. The number of carbonyl (C=O) groups is 2. The molecular formula is C22H26N2O2. The predicted molar refractivity (Wildman–Crippen MR) is 104 cm³/mol. The molecule has 0 saturated carbocycles. The Kier molecular flexibility index (Phi) is 5.71. The Morgan fingerprint density at radius 1 is 1.00 bits per heavy atom. The number of nitrogens with one attached hydrogen (secondary N) is 2. The van der Waals surface area contributed by atoms with Crippen molar-refractivity contribution in [2.45, 2.75) is 52.0 Å². The summed E-state index contributed by atoms with van der Waals surface area (Å²) in [7, 11) is 0. The van der Waals surface area contributed by atoms with Crippen molar-refractivity contribution < 1.29 is 9.59 Å². The lowest BCUT2D eigenvalue weighted by molar-refractivity contribution is -0.136. The minimum absolute atomic E-state index is 0.207. The average Bonchev–Trinajstić information content (AvgIpc) is 2.67. The summed E-state index contributed by atoms with van der Waals surface area (Å²) in [6.45, 7) is 3.93. The van der Waals surface area contributed by atoms with E-state index in [-0.39, 0.29) is 6.04 Å². The Morgan fingerprint density at radius 3 is 2.50 bits per heavy atom. The molecule has 2 amide bonds. The van der Waals surface area contributed by atoms with Gasteiger partial charge in [-0.1, -0.05) is 43.3 Å². The summed E-state index contributed by atoms with van der Waals surface area (Å²) < 4.78 is 0. The normalized spacial score (nSPS) is 14.2. The maximum Gasteiger partial charge on any atom is 0.313 e. The molecule has 0 aromatic heterocycles. The van der Waals surface area contributed by atoms with Crippen molar-refractivity contribution in [2.24, 2.45) is 0 Å². The lowest BCUT2D eigenvalue weighted by Gasteiger charge is -2.20. The van der Waals surface area contributed by atoms with E-state index in [9.17, 15) is 9.59 Å². The average molecular weight is 350 g/mol. The van der Waals surface area contributed by atoms with Gasteiger partial charge in [-0.15, -0.1) is 0 Å². The monoisotopic (exact) mass is 350 g/mol. The second-order valence-electron chi connectivity index (χ2n) is 6.90. The van der Waals surface area contributed by atoms with Gasteiger partial charge in [-0.3, -0.25) is 9.59 Å². The van der Waals surface area contributed by atoms with Crippen molar-refractivity contribution >= 4 is 17.5 Å². The molecule has 0 bridgehead atoms. The van der Waals surface area contributed by atoms with E-state index in [1.54, 1.807) is 0 Å². The van der Waals surface area contributed by atoms with Gasteiger partial charge in [-0.25, -0.2) is 0 Å². The first kappa shape index (κ1) is 18.2. The van der Waals surface area contributed by atoms with Crippen LogP contribution in [-0.4, -0.2) is 11.8 Å². The predicted octanol–water partition coefficient (Wildman–Crippen LogP) is 3.94. The Hall–Kier alpha value is -2.62. The van der Waals surface area contributed by atoms with E-state index < -0.39 is 11.8 Å². The molecule has 136 valence electrons. The number of para-hydroxylation sites is 1. The highest BCUT2D eigenvalue weighted by Gasteiger charge is 2.19. The molecule has 0 radical (unpaired) electrons. The van der Waals surface area contributed by atoms with Crippen molar-refractivity contribution in [2.75, 3.05) is 5.32 Å². The summed E-state index contributed by atoms with van der Waals surface area (Å²) in [5.41, 5.74) is 5.53. The van der Waals surface area contributed by atoms with E-state index in [4.69, 9.17) is 0 Å². The summed E-state index contributed by atoms with van der Waals surface area (Å²) in [6.07, 6.45) is 5.49. The van der Waals surface area contributed by atoms with Crippen LogP contribution in [0, 0.1) is 0 Å². The lowest BCUT2D eigenvalue weighted by atomic mass is 9.89. The molecule has 2 N–H and O–H groups in total. The summed E-state index contributed by atoms with van der Waals surface area (Å²) in [6, 6.07) is 13.7. The topological polar surface area (TPSA) is 58.2 Å². The fourth-order valence-electron chi connectivity index (χ4n) is 3.50. The third-order valence-corrected chi connectivity index (χ3v) is 5.07. The first-order chi connectivity index (χ1) is 12.6. The van der Waals surface area contributed by atoms with Gasteiger partial charge in [0.2, 0.25) is 0 Å². The van der Waals surface area contributed by atoms with Crippen molar-refractivity contribution in [1.82, 2.24) is 5.32 Å². The SMILES string of the molecule is CCc1ccccc1NC(=O)C(=O)NC(C)c1ccc2c(c1)CCCC2. The molecular weight excluding hydrogens is 324 g/mol. The molecule has 2 aromatic rings. The molecule has 3 rings (SSSR count). The summed E-state index contributed by atoms with van der Waals surface area (Å²) in [5.74, 6) is -1.24. The zero-order chi connectivity index (χ0) is 18.5. The van der Waals surface area contributed by atoms with Crippen molar-refractivity contribution in [3.63, 3.8) is 0 Å². The quantitative estimate of drug-likeness (QED) is 0.821. The van der Waals surface area contributed by atoms with Gasteiger partial charge >= 0.3 is 11.8 Å². The summed E-state index contributed by atoms with van der Waals surface area (Å²) in [5, 5.41) is 5.53. The van der Waals surface area contributed by atoms with E-state index in [1.807, 2.05) is 38.1 Å². The minimum Gasteiger partial charge on any atom is -0.341 e. The van der Waals surface area contributed by atoms with E-state index in [2.05, 4.69) is 28.8 Å². The molecule has 26 heavy (non-hydrogen) atoms. The molecule has 4 nitrogen and oxygen atoms in total. The van der Waals surface area contributed by atoms with Crippen LogP contribution >= 0.6 is 0 Å². The third kappa shape index (κ3) is 4.13. The number of amides is 2. The summed E-state index contributed by atoms with van der Waals surface area (Å²) >= 11 is 0. The fourth-order valence-corrected chi connectivity index (χ4v) is 3.50. The highest BCUT2D eigenvalue weighted by atomic mass is 16.2. The largest absolute Gasteiger partial charge is 0.341 e. The Labute approximate surface area is 155 Å². The van der Waals surface area contributed by atoms with Gasteiger partial charge in [-0.05, 0) is 67.3 Å². The van der Waals surface area contributed by atoms with Crippen molar-refractivity contribution in [3.05, 3.63) is 64.7 Å². The van der Waals surface area contributed by atoms with Crippen LogP contribution in [0.3, 0.4) is 0 Å². The number of hydrogen-bond donors (Lipinski definition) is 2. The van der Waals surface area contributed by atoms with Gasteiger partial charge < -0.3 is 10.6 Å². The van der Waals surface area contributed by atoms with Crippen LogP contribution in [0.1, 0.15) is 55.0 Å². The van der Waals surface area contributed by atoms with Crippen LogP contribution in [-0.2, 0) is 28.9 Å². The van der Waals surface area contributed by atoms with Crippen LogP contribution in [0.2, 0.25) is 0 Å². The highest BCUT2D eigenvalue weighted by Crippen LogP contribution is 2.24. The van der Waals surface area contributed by atoms with E-state index >= 15 is 0 Å². The first-order valence-electron chi connectivity index (χ1n) is 9.40. The first-order valence-corrected chi connectivity index (χ1v) is 9.40. The van der Waals surface area contributed by atoms with Crippen LogP contribution in [0.25, 0.3) is 0 Å². The molecule has 0 heterocycles. The zero-order valence-corrected chi connectivity index (χ0v) is 15.5. The minimum atomic E-state index is -0.629. The third-order valence-electron chi connectivity index (χ3n) is 5.07. The lowest BCUT2D eigenvalue weighted by Crippen LogP contribution is -2.37. The van der Waals surface area contributed by atoms with Crippen molar-refractivity contribution in [1.29, 1.82) is 0 Å². The molecule has 0 aliphatic heterocycles. The zero-order valence-electron chi connectivity index (χ0n) is 15.5. The Bertz CT molecular complexity index is 814. The van der Waals surface area contributed by atoms with Crippen LogP contribution < -0.4 is 10.6 Å². The molecule has 1 aliphatic carbocycles. The van der Waals surface area contributed by atoms with Gasteiger partial charge in [0, 0.05) is 5.69 Å². The van der Waals surface area contributed by atoms with Gasteiger partial charge in [0.1, 0.15) is 0 Å². The molecule has 4 heteroatoms. The number of fused-ring (bicyclic) bond motifs is 1. The van der Waals surface area contributed by atoms with E-state index in [1.165, 1.54) is 24.0 Å². The highest BCUT2D eigenvalue weighted by molar-refractivity contribution is 6.39. The number of hydrogen-bond acceptors (Lipinski definition) is 2. The smallest absolute Gasteiger partial charge is 0.313 e. The van der Waals surface area contributed by atoms with Crippen LogP contribution in [0.15, 0.2) is 42.5 Å². The number of benzene rings is 2. The number of rotatable bonds is 4. The second-order valence-corrected chi connectivity index (χ2v) is 6.90. The number of anilines is 1. The van der Waals surface area contributed by atoms with Crippen LogP contribution in [0.4, 0.5) is 5.69 Å².